The molecule has 0 atom stereocenters. The molecule has 0 aliphatic heterocycles. The number of halogens is 3. The SMILES string of the molecule is Cc1c(CCc2ccc(C(C)(C)C)cc2)nc(C(F)(F)F)nc1C(=O)O. The molecule has 7 heteroatoms. The van der Waals surface area contributed by atoms with Crippen molar-refractivity contribution in [3.8, 4) is 0 Å². The molecule has 0 radical (unpaired) electrons. The number of hydrogen-bond acceptors (Lipinski definition) is 3. The molecular formula is C19H21F3N2O2. The van der Waals surface area contributed by atoms with Crippen LogP contribution in [0.1, 0.15) is 59.5 Å². The Kier molecular flexibility index (Phi) is 5.39. The third kappa shape index (κ3) is 4.59. The lowest BCUT2D eigenvalue weighted by Crippen LogP contribution is -2.18. The Morgan fingerprint density at radius 2 is 1.62 bits per heavy atom. The minimum atomic E-state index is -4.79. The summed E-state index contributed by atoms with van der Waals surface area (Å²) in [5, 5.41) is 9.11. The Bertz CT molecular complexity index is 807. The van der Waals surface area contributed by atoms with Crippen LogP contribution >= 0.6 is 0 Å². The summed E-state index contributed by atoms with van der Waals surface area (Å²) in [5.74, 6) is -2.91. The van der Waals surface area contributed by atoms with Gasteiger partial charge in [0, 0.05) is 11.3 Å². The molecule has 2 rings (SSSR count). The van der Waals surface area contributed by atoms with Gasteiger partial charge in [-0.3, -0.25) is 0 Å². The molecule has 0 aliphatic rings. The molecule has 0 aliphatic carbocycles. The molecule has 0 spiro atoms. The van der Waals surface area contributed by atoms with E-state index in [1.54, 1.807) is 0 Å². The summed E-state index contributed by atoms with van der Waals surface area (Å²) in [4.78, 5) is 17.9. The van der Waals surface area contributed by atoms with Gasteiger partial charge in [-0.25, -0.2) is 14.8 Å². The average Bonchev–Trinajstić information content (AvgIpc) is 2.52. The van der Waals surface area contributed by atoms with E-state index < -0.39 is 23.7 Å². The number of hydrogen-bond donors (Lipinski definition) is 1. The van der Waals surface area contributed by atoms with Crippen molar-refractivity contribution in [2.24, 2.45) is 0 Å². The van der Waals surface area contributed by atoms with Crippen molar-refractivity contribution >= 4 is 5.97 Å². The standard InChI is InChI=1S/C19H21F3N2O2/c1-11-14(23-17(19(20,21)22)24-15(11)16(25)26)10-7-12-5-8-13(9-6-12)18(2,3)4/h5-6,8-9H,7,10H2,1-4H3,(H,25,26). The van der Waals surface area contributed by atoms with Crippen LogP contribution in [0.15, 0.2) is 24.3 Å². The van der Waals surface area contributed by atoms with E-state index in [0.717, 1.165) is 11.1 Å². The largest absolute Gasteiger partial charge is 0.477 e. The normalized spacial score (nSPS) is 12.3. The Hall–Kier alpha value is -2.44. The van der Waals surface area contributed by atoms with Gasteiger partial charge < -0.3 is 5.11 Å². The molecule has 0 saturated carbocycles. The van der Waals surface area contributed by atoms with Crippen LogP contribution in [0.4, 0.5) is 13.2 Å². The molecule has 26 heavy (non-hydrogen) atoms. The van der Waals surface area contributed by atoms with Crippen molar-refractivity contribution < 1.29 is 23.1 Å². The van der Waals surface area contributed by atoms with Crippen LogP contribution in [0.3, 0.4) is 0 Å². The first-order valence-corrected chi connectivity index (χ1v) is 8.17. The van der Waals surface area contributed by atoms with Gasteiger partial charge in [-0.2, -0.15) is 13.2 Å². The minimum absolute atomic E-state index is 0.0137. The number of aromatic nitrogens is 2. The Balaban J connectivity index is 2.28. The van der Waals surface area contributed by atoms with Gasteiger partial charge >= 0.3 is 12.1 Å². The highest BCUT2D eigenvalue weighted by molar-refractivity contribution is 5.87. The minimum Gasteiger partial charge on any atom is -0.477 e. The molecule has 1 aromatic carbocycles. The molecule has 1 heterocycles. The van der Waals surface area contributed by atoms with Gasteiger partial charge in [0.25, 0.3) is 0 Å². The first-order chi connectivity index (χ1) is 11.9. The molecule has 1 N–H and O–H groups in total. The number of aryl methyl sites for hydroxylation is 2. The summed E-state index contributed by atoms with van der Waals surface area (Å²) in [5.41, 5.74) is 1.78. The fraction of sp³-hybridized carbons (Fsp3) is 0.421. The average molecular weight is 366 g/mol. The van der Waals surface area contributed by atoms with Crippen LogP contribution in [0, 0.1) is 6.92 Å². The Morgan fingerprint density at radius 3 is 2.08 bits per heavy atom. The summed E-state index contributed by atoms with van der Waals surface area (Å²) >= 11 is 0. The highest BCUT2D eigenvalue weighted by Gasteiger charge is 2.36. The van der Waals surface area contributed by atoms with Crippen molar-refractivity contribution in [3.63, 3.8) is 0 Å². The fourth-order valence-corrected chi connectivity index (χ4v) is 2.58. The predicted molar refractivity (Wildman–Crippen MR) is 91.3 cm³/mol. The molecule has 0 unspecified atom stereocenters. The number of aromatic carboxylic acids is 1. The molecule has 4 nitrogen and oxygen atoms in total. The first kappa shape index (κ1) is 19.9. The molecule has 140 valence electrons. The lowest BCUT2D eigenvalue weighted by Gasteiger charge is -2.19. The van der Waals surface area contributed by atoms with Crippen LogP contribution in [0.5, 0.6) is 0 Å². The summed E-state index contributed by atoms with van der Waals surface area (Å²) < 4.78 is 38.8. The lowest BCUT2D eigenvalue weighted by atomic mass is 9.86. The van der Waals surface area contributed by atoms with Crippen molar-refractivity contribution in [2.75, 3.05) is 0 Å². The number of carbonyl (C=O) groups is 1. The second-order valence-corrected chi connectivity index (χ2v) is 7.22. The number of carboxylic acid groups (broad SMARTS) is 1. The number of benzene rings is 1. The predicted octanol–water partition coefficient (Wildman–Crippen LogP) is 4.58. The van der Waals surface area contributed by atoms with Crippen molar-refractivity contribution in [1.82, 2.24) is 9.97 Å². The maximum atomic E-state index is 12.9. The third-order valence-corrected chi connectivity index (χ3v) is 4.17. The summed E-state index contributed by atoms with van der Waals surface area (Å²) in [6.45, 7) is 7.72. The van der Waals surface area contributed by atoms with E-state index >= 15 is 0 Å². The molecule has 2 aromatic rings. The highest BCUT2D eigenvalue weighted by atomic mass is 19.4. The number of nitrogens with zero attached hydrogens (tertiary/aromatic N) is 2. The molecule has 0 fully saturated rings. The quantitative estimate of drug-likeness (QED) is 0.860. The molecular weight excluding hydrogens is 345 g/mol. The molecule has 0 saturated heterocycles. The summed E-state index contributed by atoms with van der Waals surface area (Å²) in [7, 11) is 0. The zero-order chi connectivity index (χ0) is 19.7. The van der Waals surface area contributed by atoms with E-state index in [9.17, 15) is 18.0 Å². The van der Waals surface area contributed by atoms with Gasteiger partial charge in [0.1, 0.15) is 0 Å². The zero-order valence-corrected chi connectivity index (χ0v) is 15.1. The van der Waals surface area contributed by atoms with Gasteiger partial charge in [-0.05, 0) is 36.3 Å². The van der Waals surface area contributed by atoms with Gasteiger partial charge in [0.05, 0.1) is 0 Å². The van der Waals surface area contributed by atoms with Gasteiger partial charge in [-0.15, -0.1) is 0 Å². The van der Waals surface area contributed by atoms with E-state index in [1.807, 2.05) is 24.3 Å². The number of alkyl halides is 3. The second kappa shape index (κ2) is 7.05. The van der Waals surface area contributed by atoms with Crippen LogP contribution in [-0.4, -0.2) is 21.0 Å². The summed E-state index contributed by atoms with van der Waals surface area (Å²) in [6, 6.07) is 7.84. The molecule has 0 amide bonds. The van der Waals surface area contributed by atoms with E-state index in [-0.39, 0.29) is 23.1 Å². The van der Waals surface area contributed by atoms with E-state index in [1.165, 1.54) is 6.92 Å². The summed E-state index contributed by atoms with van der Waals surface area (Å²) in [6.07, 6.45) is -4.13. The van der Waals surface area contributed by atoms with E-state index in [4.69, 9.17) is 5.11 Å². The Labute approximate surface area is 150 Å². The third-order valence-electron chi connectivity index (χ3n) is 4.17. The molecule has 0 bridgehead atoms. The van der Waals surface area contributed by atoms with Crippen molar-refractivity contribution in [3.05, 3.63) is 58.2 Å². The van der Waals surface area contributed by atoms with Gasteiger partial charge in [0.2, 0.25) is 5.82 Å². The lowest BCUT2D eigenvalue weighted by molar-refractivity contribution is -0.145. The van der Waals surface area contributed by atoms with E-state index in [0.29, 0.717) is 6.42 Å². The smallest absolute Gasteiger partial charge is 0.451 e. The fourth-order valence-electron chi connectivity index (χ4n) is 2.58. The van der Waals surface area contributed by atoms with E-state index in [2.05, 4.69) is 30.7 Å². The maximum absolute atomic E-state index is 12.9. The van der Waals surface area contributed by atoms with Crippen LogP contribution in [0.25, 0.3) is 0 Å². The monoisotopic (exact) mass is 366 g/mol. The zero-order valence-electron chi connectivity index (χ0n) is 15.1. The maximum Gasteiger partial charge on any atom is 0.451 e. The topological polar surface area (TPSA) is 63.1 Å². The van der Waals surface area contributed by atoms with Crippen LogP contribution < -0.4 is 0 Å². The molecule has 1 aromatic heterocycles. The highest BCUT2D eigenvalue weighted by Crippen LogP contribution is 2.28. The number of rotatable bonds is 4. The van der Waals surface area contributed by atoms with Gasteiger partial charge in [0.15, 0.2) is 5.69 Å². The van der Waals surface area contributed by atoms with Crippen molar-refractivity contribution in [1.29, 1.82) is 0 Å². The first-order valence-electron chi connectivity index (χ1n) is 8.17. The Morgan fingerprint density at radius 1 is 1.04 bits per heavy atom. The second-order valence-electron chi connectivity index (χ2n) is 7.22. The van der Waals surface area contributed by atoms with Crippen LogP contribution in [0.2, 0.25) is 0 Å². The van der Waals surface area contributed by atoms with Crippen LogP contribution in [-0.2, 0) is 24.4 Å². The van der Waals surface area contributed by atoms with Gasteiger partial charge in [-0.1, -0.05) is 45.0 Å². The van der Waals surface area contributed by atoms with Crippen molar-refractivity contribution in [2.45, 2.75) is 52.1 Å². The number of carboxylic acids is 1.